The van der Waals surface area contributed by atoms with E-state index in [4.69, 9.17) is 0 Å². The van der Waals surface area contributed by atoms with Gasteiger partial charge in [0.15, 0.2) is 0 Å². The summed E-state index contributed by atoms with van der Waals surface area (Å²) in [5, 5.41) is 9.57. The van der Waals surface area contributed by atoms with E-state index in [1.165, 1.54) is 11.1 Å². The number of benzene rings is 2. The summed E-state index contributed by atoms with van der Waals surface area (Å²) < 4.78 is 0. The number of phenolic OH excluding ortho intramolecular Hbond substituents is 1. The van der Waals surface area contributed by atoms with E-state index in [9.17, 15) is 5.11 Å². The smallest absolute Gasteiger partial charge is 0.124 e. The van der Waals surface area contributed by atoms with Gasteiger partial charge in [0.1, 0.15) is 5.75 Å². The Morgan fingerprint density at radius 3 is 2.53 bits per heavy atom. The first-order valence-corrected chi connectivity index (χ1v) is 5.59. The fourth-order valence-electron chi connectivity index (χ4n) is 1.63. The van der Waals surface area contributed by atoms with Crippen LogP contribution in [0.3, 0.4) is 0 Å². The van der Waals surface area contributed by atoms with Crippen molar-refractivity contribution in [3.05, 3.63) is 65.2 Å². The van der Waals surface area contributed by atoms with Crippen molar-refractivity contribution >= 4 is 6.21 Å². The van der Waals surface area contributed by atoms with Crippen molar-refractivity contribution < 1.29 is 5.11 Å². The topological polar surface area (TPSA) is 32.6 Å². The van der Waals surface area contributed by atoms with Gasteiger partial charge in [-0.1, -0.05) is 36.4 Å². The zero-order chi connectivity index (χ0) is 12.1. The molecule has 0 unspecified atom stereocenters. The fourth-order valence-corrected chi connectivity index (χ4v) is 1.63. The Labute approximate surface area is 101 Å². The molecule has 1 N–H and O–H groups in total. The predicted molar refractivity (Wildman–Crippen MR) is 70.6 cm³/mol. The van der Waals surface area contributed by atoms with Gasteiger partial charge in [0.25, 0.3) is 0 Å². The van der Waals surface area contributed by atoms with Gasteiger partial charge >= 0.3 is 0 Å². The van der Waals surface area contributed by atoms with Crippen molar-refractivity contribution in [2.24, 2.45) is 4.99 Å². The largest absolute Gasteiger partial charge is 0.507 e. The summed E-state index contributed by atoms with van der Waals surface area (Å²) in [5.41, 5.74) is 3.20. The van der Waals surface area contributed by atoms with Crippen molar-refractivity contribution in [1.29, 1.82) is 0 Å². The summed E-state index contributed by atoms with van der Waals surface area (Å²) in [4.78, 5) is 4.35. The van der Waals surface area contributed by atoms with E-state index in [1.54, 1.807) is 18.3 Å². The highest BCUT2D eigenvalue weighted by Gasteiger charge is 1.96. The Bertz CT molecular complexity index is 532. The number of rotatable bonds is 3. The summed E-state index contributed by atoms with van der Waals surface area (Å²) in [6, 6.07) is 15.4. The highest BCUT2D eigenvalue weighted by molar-refractivity contribution is 5.83. The van der Waals surface area contributed by atoms with Gasteiger partial charge in [0.2, 0.25) is 0 Å². The second kappa shape index (κ2) is 5.30. The minimum atomic E-state index is 0.265. The molecule has 0 aromatic heterocycles. The van der Waals surface area contributed by atoms with Crippen LogP contribution in [-0.2, 0) is 6.54 Å². The molecule has 0 radical (unpaired) electrons. The van der Waals surface area contributed by atoms with Gasteiger partial charge in [0.05, 0.1) is 6.54 Å². The minimum absolute atomic E-state index is 0.265. The third-order valence-electron chi connectivity index (χ3n) is 2.69. The maximum absolute atomic E-state index is 9.57. The van der Waals surface area contributed by atoms with E-state index >= 15 is 0 Å². The quantitative estimate of drug-likeness (QED) is 0.798. The molecular formula is C15H15NO. The molecule has 2 nitrogen and oxygen atoms in total. The molecule has 0 aliphatic rings. The van der Waals surface area contributed by atoms with Crippen molar-refractivity contribution in [1.82, 2.24) is 0 Å². The Morgan fingerprint density at radius 2 is 1.76 bits per heavy atom. The van der Waals surface area contributed by atoms with Crippen LogP contribution in [0, 0.1) is 6.92 Å². The van der Waals surface area contributed by atoms with Crippen LogP contribution in [0.2, 0.25) is 0 Å². The number of hydrogen-bond acceptors (Lipinski definition) is 2. The van der Waals surface area contributed by atoms with Crippen molar-refractivity contribution in [2.75, 3.05) is 0 Å². The number of aryl methyl sites for hydroxylation is 1. The molecule has 0 spiro atoms. The van der Waals surface area contributed by atoms with Crippen LogP contribution in [-0.4, -0.2) is 11.3 Å². The molecule has 17 heavy (non-hydrogen) atoms. The third-order valence-corrected chi connectivity index (χ3v) is 2.69. The molecule has 2 rings (SSSR count). The first-order valence-electron chi connectivity index (χ1n) is 5.59. The lowest BCUT2D eigenvalue weighted by molar-refractivity contribution is 0.474. The highest BCUT2D eigenvalue weighted by Crippen LogP contribution is 2.13. The second-order valence-corrected chi connectivity index (χ2v) is 3.96. The van der Waals surface area contributed by atoms with Crippen LogP contribution >= 0.6 is 0 Å². The van der Waals surface area contributed by atoms with Crippen LogP contribution < -0.4 is 0 Å². The van der Waals surface area contributed by atoms with Gasteiger partial charge in [-0.25, -0.2) is 0 Å². The molecule has 0 bridgehead atoms. The van der Waals surface area contributed by atoms with Crippen LogP contribution in [0.25, 0.3) is 0 Å². The first-order chi connectivity index (χ1) is 8.27. The average Bonchev–Trinajstić information content (AvgIpc) is 2.34. The van der Waals surface area contributed by atoms with Crippen LogP contribution in [0.5, 0.6) is 5.75 Å². The molecule has 2 aromatic carbocycles. The second-order valence-electron chi connectivity index (χ2n) is 3.96. The molecule has 86 valence electrons. The normalized spacial score (nSPS) is 10.9. The number of nitrogens with zero attached hydrogens (tertiary/aromatic N) is 1. The molecule has 0 fully saturated rings. The van der Waals surface area contributed by atoms with E-state index < -0.39 is 0 Å². The molecule has 0 atom stereocenters. The highest BCUT2D eigenvalue weighted by atomic mass is 16.3. The summed E-state index contributed by atoms with van der Waals surface area (Å²) in [5.74, 6) is 0.265. The first kappa shape index (κ1) is 11.4. The van der Waals surface area contributed by atoms with Gasteiger partial charge in [0, 0.05) is 11.8 Å². The fraction of sp³-hybridized carbons (Fsp3) is 0.133. The zero-order valence-electron chi connectivity index (χ0n) is 9.80. The lowest BCUT2D eigenvalue weighted by atomic mass is 10.1. The molecule has 0 aliphatic heterocycles. The summed E-state index contributed by atoms with van der Waals surface area (Å²) in [6.07, 6.45) is 1.71. The third kappa shape index (κ3) is 2.94. The zero-order valence-corrected chi connectivity index (χ0v) is 9.80. The predicted octanol–water partition coefficient (Wildman–Crippen LogP) is 3.32. The number of phenols is 1. The summed E-state index contributed by atoms with van der Waals surface area (Å²) >= 11 is 0. The summed E-state index contributed by atoms with van der Waals surface area (Å²) in [6.45, 7) is 2.71. The lowest BCUT2D eigenvalue weighted by Gasteiger charge is -2.01. The number of para-hydroxylation sites is 1. The van der Waals surface area contributed by atoms with Crippen molar-refractivity contribution in [2.45, 2.75) is 13.5 Å². The Hall–Kier alpha value is -2.09. The van der Waals surface area contributed by atoms with Gasteiger partial charge in [-0.15, -0.1) is 0 Å². The van der Waals surface area contributed by atoms with Gasteiger partial charge < -0.3 is 5.11 Å². The van der Waals surface area contributed by atoms with E-state index in [0.29, 0.717) is 6.54 Å². The Morgan fingerprint density at radius 1 is 1.06 bits per heavy atom. The number of aliphatic imine (C=N–C) groups is 1. The minimum Gasteiger partial charge on any atom is -0.507 e. The van der Waals surface area contributed by atoms with Crippen LogP contribution in [0.4, 0.5) is 0 Å². The van der Waals surface area contributed by atoms with Gasteiger partial charge in [-0.2, -0.15) is 0 Å². The monoisotopic (exact) mass is 225 g/mol. The molecule has 0 saturated carbocycles. The maximum atomic E-state index is 9.57. The summed E-state index contributed by atoms with van der Waals surface area (Å²) in [7, 11) is 0. The molecule has 0 aliphatic carbocycles. The number of hydrogen-bond donors (Lipinski definition) is 1. The van der Waals surface area contributed by atoms with E-state index in [1.807, 2.05) is 24.3 Å². The Balaban J connectivity index is 2.09. The standard InChI is InChI=1S/C15H15NO/c1-12-6-2-3-7-13(12)10-16-11-14-8-4-5-9-15(14)17/h2-9,11,17H,10H2,1H3. The van der Waals surface area contributed by atoms with Gasteiger partial charge in [-0.05, 0) is 30.2 Å². The van der Waals surface area contributed by atoms with Crippen LogP contribution in [0.15, 0.2) is 53.5 Å². The van der Waals surface area contributed by atoms with Gasteiger partial charge in [-0.3, -0.25) is 4.99 Å². The SMILES string of the molecule is Cc1ccccc1CN=Cc1ccccc1O. The van der Waals surface area contributed by atoms with E-state index in [0.717, 1.165) is 5.56 Å². The molecule has 2 aromatic rings. The van der Waals surface area contributed by atoms with Crippen molar-refractivity contribution in [3.8, 4) is 5.75 Å². The van der Waals surface area contributed by atoms with Crippen molar-refractivity contribution in [3.63, 3.8) is 0 Å². The van der Waals surface area contributed by atoms with E-state index in [2.05, 4.69) is 24.0 Å². The molecule has 0 saturated heterocycles. The lowest BCUT2D eigenvalue weighted by Crippen LogP contribution is -1.88. The molecular weight excluding hydrogens is 210 g/mol. The maximum Gasteiger partial charge on any atom is 0.124 e. The molecule has 0 amide bonds. The Kier molecular flexibility index (Phi) is 3.55. The molecule has 0 heterocycles. The molecule has 2 heteroatoms. The van der Waals surface area contributed by atoms with E-state index in [-0.39, 0.29) is 5.75 Å². The van der Waals surface area contributed by atoms with Crippen LogP contribution in [0.1, 0.15) is 16.7 Å². The average molecular weight is 225 g/mol. The number of aromatic hydroxyl groups is 1.